The smallest absolute Gasteiger partial charge is 0.125 e. The summed E-state index contributed by atoms with van der Waals surface area (Å²) in [6.07, 6.45) is 0. The lowest BCUT2D eigenvalue weighted by Crippen LogP contribution is -2.29. The molecule has 0 aliphatic heterocycles. The van der Waals surface area contributed by atoms with Gasteiger partial charge >= 0.3 is 0 Å². The van der Waals surface area contributed by atoms with Crippen molar-refractivity contribution in [2.24, 2.45) is 0 Å². The van der Waals surface area contributed by atoms with E-state index in [1.807, 2.05) is 24.3 Å². The molecule has 2 aromatic carbocycles. The minimum absolute atomic E-state index is 0.192. The van der Waals surface area contributed by atoms with Crippen LogP contribution in [-0.2, 0) is 0 Å². The average Bonchev–Trinajstić information content (AvgIpc) is 2.49. The first-order chi connectivity index (χ1) is 9.74. The van der Waals surface area contributed by atoms with E-state index in [1.54, 1.807) is 12.1 Å². The highest BCUT2D eigenvalue weighted by molar-refractivity contribution is 7.80. The molecule has 0 bridgehead atoms. The molecule has 0 aliphatic carbocycles. The molecule has 0 N–H and O–H groups in total. The zero-order valence-corrected chi connectivity index (χ0v) is 12.6. The lowest BCUT2D eigenvalue weighted by atomic mass is 10.00. The fraction of sp³-hybridized carbons (Fsp3) is 0.294. The van der Waals surface area contributed by atoms with E-state index in [0.29, 0.717) is 5.92 Å². The third-order valence-electron chi connectivity index (χ3n) is 3.49. The summed E-state index contributed by atoms with van der Waals surface area (Å²) in [6.45, 7) is 3.78. The summed E-state index contributed by atoms with van der Waals surface area (Å²) in [5.74, 6) is 0.918. The highest BCUT2D eigenvalue weighted by Crippen LogP contribution is 2.23. The van der Waals surface area contributed by atoms with Crippen LogP contribution in [0.2, 0.25) is 0 Å². The van der Waals surface area contributed by atoms with Crippen LogP contribution in [0.25, 0.3) is 0 Å². The fourth-order valence-electron chi connectivity index (χ4n) is 2.35. The Morgan fingerprint density at radius 1 is 1.10 bits per heavy atom. The molecule has 0 aliphatic rings. The van der Waals surface area contributed by atoms with Gasteiger partial charge in [-0.2, -0.15) is 12.6 Å². The molecule has 0 fully saturated rings. The Morgan fingerprint density at radius 3 is 2.45 bits per heavy atom. The molecule has 2 aromatic rings. The van der Waals surface area contributed by atoms with E-state index in [9.17, 15) is 4.39 Å². The van der Waals surface area contributed by atoms with Crippen molar-refractivity contribution in [1.29, 1.82) is 0 Å². The van der Waals surface area contributed by atoms with Crippen LogP contribution in [0, 0.1) is 5.82 Å². The number of nitrogens with zero attached hydrogens (tertiary/aromatic N) is 1. The second-order valence-corrected chi connectivity index (χ2v) is 5.17. The Hall–Kier alpha value is -1.48. The van der Waals surface area contributed by atoms with E-state index >= 15 is 0 Å². The Bertz CT molecular complexity index is 530. The minimum atomic E-state index is -0.192. The van der Waals surface area contributed by atoms with Crippen molar-refractivity contribution in [3.63, 3.8) is 0 Å². The van der Waals surface area contributed by atoms with E-state index < -0.39 is 0 Å². The van der Waals surface area contributed by atoms with Gasteiger partial charge in [0.15, 0.2) is 0 Å². The van der Waals surface area contributed by atoms with Gasteiger partial charge in [0.05, 0.1) is 0 Å². The zero-order valence-electron chi connectivity index (χ0n) is 11.7. The van der Waals surface area contributed by atoms with E-state index in [2.05, 4.69) is 36.6 Å². The summed E-state index contributed by atoms with van der Waals surface area (Å²) in [5, 5.41) is 0. The quantitative estimate of drug-likeness (QED) is 0.773. The maximum atomic E-state index is 13.4. The Labute approximate surface area is 125 Å². The van der Waals surface area contributed by atoms with Gasteiger partial charge in [-0.25, -0.2) is 4.39 Å². The van der Waals surface area contributed by atoms with Crippen molar-refractivity contribution in [3.05, 3.63) is 66.0 Å². The molecule has 2 rings (SSSR count). The van der Waals surface area contributed by atoms with Gasteiger partial charge in [-0.15, -0.1) is 0 Å². The molecular weight excluding hydrogens is 269 g/mol. The van der Waals surface area contributed by atoms with Crippen LogP contribution < -0.4 is 4.90 Å². The molecule has 0 radical (unpaired) electrons. The van der Waals surface area contributed by atoms with E-state index in [-0.39, 0.29) is 5.82 Å². The highest BCUT2D eigenvalue weighted by atomic mass is 32.1. The summed E-state index contributed by atoms with van der Waals surface area (Å²) in [4.78, 5) is 2.19. The van der Waals surface area contributed by atoms with Crippen molar-refractivity contribution < 1.29 is 4.39 Å². The third kappa shape index (κ3) is 3.76. The van der Waals surface area contributed by atoms with Crippen LogP contribution >= 0.6 is 12.6 Å². The maximum absolute atomic E-state index is 13.4. The molecule has 20 heavy (non-hydrogen) atoms. The monoisotopic (exact) mass is 289 g/mol. The zero-order chi connectivity index (χ0) is 14.4. The van der Waals surface area contributed by atoms with Crippen molar-refractivity contribution in [2.75, 3.05) is 23.7 Å². The number of benzene rings is 2. The molecule has 0 spiro atoms. The summed E-state index contributed by atoms with van der Waals surface area (Å²) >= 11 is 4.47. The second-order valence-electron chi connectivity index (χ2n) is 4.81. The predicted octanol–water partition coefficient (Wildman–Crippen LogP) is 4.37. The molecule has 0 heterocycles. The predicted molar refractivity (Wildman–Crippen MR) is 87.3 cm³/mol. The number of likely N-dealkylation sites (N-methyl/N-ethyl adjacent to an activating group) is 1. The largest absolute Gasteiger partial charge is 0.371 e. The summed E-state index contributed by atoms with van der Waals surface area (Å²) < 4.78 is 13.4. The third-order valence-corrected chi connectivity index (χ3v) is 3.93. The first kappa shape index (κ1) is 14.9. The van der Waals surface area contributed by atoms with Gasteiger partial charge in [-0.1, -0.05) is 36.4 Å². The normalized spacial score (nSPS) is 12.2. The van der Waals surface area contributed by atoms with Gasteiger partial charge in [0, 0.05) is 24.7 Å². The van der Waals surface area contributed by atoms with Crippen molar-refractivity contribution in [3.8, 4) is 0 Å². The molecule has 0 saturated carbocycles. The van der Waals surface area contributed by atoms with Gasteiger partial charge in [-0.05, 0) is 36.4 Å². The first-order valence-electron chi connectivity index (χ1n) is 6.91. The van der Waals surface area contributed by atoms with Crippen LogP contribution in [0.3, 0.4) is 0 Å². The average molecular weight is 289 g/mol. The van der Waals surface area contributed by atoms with Crippen LogP contribution in [0.4, 0.5) is 10.1 Å². The number of thiol groups is 1. The van der Waals surface area contributed by atoms with Gasteiger partial charge < -0.3 is 4.90 Å². The van der Waals surface area contributed by atoms with Gasteiger partial charge in [0.1, 0.15) is 5.82 Å². The molecule has 1 nitrogen and oxygen atoms in total. The number of anilines is 1. The molecular formula is C17H20FNS. The molecule has 0 saturated heterocycles. The SMILES string of the molecule is CCN(CC(CS)c1ccccc1)c1cccc(F)c1. The van der Waals surface area contributed by atoms with E-state index in [0.717, 1.165) is 24.5 Å². The standard InChI is InChI=1S/C17H20FNS/c1-2-19(17-10-6-9-16(18)11-17)12-15(13-20)14-7-4-3-5-8-14/h3-11,15,20H,2,12-13H2,1H3. The number of hydrogen-bond donors (Lipinski definition) is 1. The molecule has 1 unspecified atom stereocenters. The van der Waals surface area contributed by atoms with Gasteiger partial charge in [0.25, 0.3) is 0 Å². The highest BCUT2D eigenvalue weighted by Gasteiger charge is 2.14. The van der Waals surface area contributed by atoms with Crippen LogP contribution in [0.5, 0.6) is 0 Å². The summed E-state index contributed by atoms with van der Waals surface area (Å²) in [7, 11) is 0. The number of hydrogen-bond acceptors (Lipinski definition) is 2. The molecule has 0 amide bonds. The topological polar surface area (TPSA) is 3.24 Å². The first-order valence-corrected chi connectivity index (χ1v) is 7.54. The molecule has 0 aromatic heterocycles. The maximum Gasteiger partial charge on any atom is 0.125 e. The lowest BCUT2D eigenvalue weighted by Gasteiger charge is -2.28. The summed E-state index contributed by atoms with van der Waals surface area (Å²) in [6, 6.07) is 17.1. The van der Waals surface area contributed by atoms with Crippen LogP contribution in [0.1, 0.15) is 18.4 Å². The molecule has 3 heteroatoms. The van der Waals surface area contributed by atoms with Crippen LogP contribution in [0.15, 0.2) is 54.6 Å². The second kappa shape index (κ2) is 7.34. The van der Waals surface area contributed by atoms with E-state index in [4.69, 9.17) is 0 Å². The van der Waals surface area contributed by atoms with Gasteiger partial charge in [0.2, 0.25) is 0 Å². The Balaban J connectivity index is 2.16. The molecule has 106 valence electrons. The molecule has 1 atom stereocenters. The fourth-order valence-corrected chi connectivity index (χ4v) is 2.68. The van der Waals surface area contributed by atoms with Crippen molar-refractivity contribution in [2.45, 2.75) is 12.8 Å². The Kier molecular flexibility index (Phi) is 5.48. The Morgan fingerprint density at radius 2 is 1.85 bits per heavy atom. The number of halogens is 1. The lowest BCUT2D eigenvalue weighted by molar-refractivity contribution is 0.625. The minimum Gasteiger partial charge on any atom is -0.371 e. The van der Waals surface area contributed by atoms with E-state index in [1.165, 1.54) is 11.6 Å². The van der Waals surface area contributed by atoms with Crippen molar-refractivity contribution in [1.82, 2.24) is 0 Å². The van der Waals surface area contributed by atoms with Crippen molar-refractivity contribution >= 4 is 18.3 Å². The van der Waals surface area contributed by atoms with Crippen LogP contribution in [-0.4, -0.2) is 18.8 Å². The van der Waals surface area contributed by atoms with Gasteiger partial charge in [-0.3, -0.25) is 0 Å². The summed E-state index contributed by atoms with van der Waals surface area (Å²) in [5.41, 5.74) is 2.20. The number of rotatable bonds is 6.